The van der Waals surface area contributed by atoms with Crippen LogP contribution in [0.25, 0.3) is 22.6 Å². The van der Waals surface area contributed by atoms with E-state index in [1.54, 1.807) is 0 Å². The van der Waals surface area contributed by atoms with E-state index in [4.69, 9.17) is 9.97 Å². The third-order valence-corrected chi connectivity index (χ3v) is 4.48. The van der Waals surface area contributed by atoms with Gasteiger partial charge in [0, 0.05) is 24.2 Å². The summed E-state index contributed by atoms with van der Waals surface area (Å²) in [6, 6.07) is 12.7. The first-order valence-electron chi connectivity index (χ1n) is 8.46. The third-order valence-electron chi connectivity index (χ3n) is 4.48. The summed E-state index contributed by atoms with van der Waals surface area (Å²) in [4.78, 5) is 13.8. The van der Waals surface area contributed by atoms with E-state index in [0.717, 1.165) is 47.7 Å². The molecule has 0 N–H and O–H groups in total. The number of aryl methyl sites for hydroxylation is 1. The average molecular weight is 316 g/mol. The van der Waals surface area contributed by atoms with E-state index in [1.165, 1.54) is 0 Å². The molecule has 1 aromatic carbocycles. The van der Waals surface area contributed by atoms with Gasteiger partial charge in [-0.15, -0.1) is 0 Å². The molecule has 0 fully saturated rings. The summed E-state index contributed by atoms with van der Waals surface area (Å²) in [5.74, 6) is 0.865. The van der Waals surface area contributed by atoms with Gasteiger partial charge in [-0.25, -0.2) is 15.0 Å². The quantitative estimate of drug-likeness (QED) is 0.667. The van der Waals surface area contributed by atoms with E-state index in [2.05, 4.69) is 40.8 Å². The number of allylic oxidation sites excluding steroid dienone is 2. The molecule has 0 atom stereocenters. The molecule has 0 unspecified atom stereocenters. The largest absolute Gasteiger partial charge is 0.325 e. The Morgan fingerprint density at radius 1 is 1.04 bits per heavy atom. The van der Waals surface area contributed by atoms with Gasteiger partial charge in [-0.2, -0.15) is 0 Å². The first-order chi connectivity index (χ1) is 11.9. The summed E-state index contributed by atoms with van der Waals surface area (Å²) in [5, 5.41) is 0. The number of nitrogens with zero attached hydrogens (tertiary/aromatic N) is 4. The fourth-order valence-electron chi connectivity index (χ4n) is 3.23. The molecule has 0 radical (unpaired) electrons. The minimum absolute atomic E-state index is 0.421. The molecule has 4 rings (SSSR count). The maximum Gasteiger partial charge on any atom is 0.128 e. The summed E-state index contributed by atoms with van der Waals surface area (Å²) in [6.45, 7) is 2.08. The Hall–Kier alpha value is -2.75. The van der Waals surface area contributed by atoms with E-state index >= 15 is 0 Å². The molecule has 0 spiro atoms. The van der Waals surface area contributed by atoms with Crippen LogP contribution in [0.2, 0.25) is 0 Å². The molecule has 0 amide bonds. The fourth-order valence-corrected chi connectivity index (χ4v) is 3.23. The molecule has 3 aromatic rings. The summed E-state index contributed by atoms with van der Waals surface area (Å²) in [7, 11) is 0. The van der Waals surface area contributed by atoms with Gasteiger partial charge in [0.15, 0.2) is 0 Å². The lowest BCUT2D eigenvalue weighted by atomic mass is 10.1. The molecule has 0 saturated carbocycles. The van der Waals surface area contributed by atoms with Crippen LogP contribution in [0.4, 0.5) is 0 Å². The Bertz CT molecular complexity index is 856. The number of rotatable bonds is 4. The van der Waals surface area contributed by atoms with E-state index in [1.807, 2.05) is 36.8 Å². The molecule has 4 heteroatoms. The van der Waals surface area contributed by atoms with Crippen LogP contribution in [0, 0.1) is 0 Å². The first-order valence-corrected chi connectivity index (χ1v) is 8.46. The molecule has 2 aromatic heterocycles. The van der Waals surface area contributed by atoms with Crippen LogP contribution in [0.15, 0.2) is 61.1 Å². The van der Waals surface area contributed by atoms with E-state index in [0.29, 0.717) is 6.04 Å². The number of hydrogen-bond acceptors (Lipinski definition) is 3. The lowest BCUT2D eigenvalue weighted by molar-refractivity contribution is 0.539. The Morgan fingerprint density at radius 2 is 1.83 bits per heavy atom. The van der Waals surface area contributed by atoms with Crippen LogP contribution >= 0.6 is 0 Å². The highest BCUT2D eigenvalue weighted by Crippen LogP contribution is 2.35. The zero-order valence-corrected chi connectivity index (χ0v) is 13.8. The molecule has 0 bridgehead atoms. The molecule has 0 saturated heterocycles. The summed E-state index contributed by atoms with van der Waals surface area (Å²) in [6.07, 6.45) is 11.2. The molecule has 1 aliphatic carbocycles. The van der Waals surface area contributed by atoms with Crippen molar-refractivity contribution < 1.29 is 0 Å². The molecule has 2 heterocycles. The van der Waals surface area contributed by atoms with Crippen molar-refractivity contribution in [2.75, 3.05) is 0 Å². The van der Waals surface area contributed by atoms with Gasteiger partial charge >= 0.3 is 0 Å². The van der Waals surface area contributed by atoms with Gasteiger partial charge in [-0.1, -0.05) is 49.4 Å². The number of imidazole rings is 1. The maximum atomic E-state index is 4.76. The second-order valence-electron chi connectivity index (χ2n) is 6.02. The van der Waals surface area contributed by atoms with Crippen LogP contribution in [0.1, 0.15) is 31.6 Å². The topological polar surface area (TPSA) is 43.6 Å². The zero-order valence-electron chi connectivity index (χ0n) is 13.8. The predicted molar refractivity (Wildman–Crippen MR) is 95.5 cm³/mol. The van der Waals surface area contributed by atoms with Crippen molar-refractivity contribution in [3.63, 3.8) is 0 Å². The van der Waals surface area contributed by atoms with Gasteiger partial charge in [-0.05, 0) is 18.9 Å². The van der Waals surface area contributed by atoms with Crippen molar-refractivity contribution in [2.24, 2.45) is 0 Å². The molecular weight excluding hydrogens is 296 g/mol. The summed E-state index contributed by atoms with van der Waals surface area (Å²) < 4.78 is 2.28. The van der Waals surface area contributed by atoms with Crippen molar-refractivity contribution in [2.45, 2.75) is 32.2 Å². The molecule has 4 nitrogen and oxygen atoms in total. The Kier molecular flexibility index (Phi) is 3.95. The molecular formula is C20H20N4. The van der Waals surface area contributed by atoms with Gasteiger partial charge in [0.2, 0.25) is 0 Å². The highest BCUT2D eigenvalue weighted by molar-refractivity contribution is 5.76. The first kappa shape index (κ1) is 14.8. The average Bonchev–Trinajstić information content (AvgIpc) is 3.31. The Balaban J connectivity index is 1.89. The monoisotopic (exact) mass is 316 g/mol. The number of benzene rings is 1. The molecule has 0 aliphatic heterocycles. The number of aromatic nitrogens is 4. The van der Waals surface area contributed by atoms with Gasteiger partial charge in [0.05, 0.1) is 23.4 Å². The minimum Gasteiger partial charge on any atom is -0.325 e. The van der Waals surface area contributed by atoms with Crippen molar-refractivity contribution in [3.8, 4) is 22.6 Å². The van der Waals surface area contributed by atoms with E-state index < -0.39 is 0 Å². The SMILES string of the molecule is CCc1nccc(-c2c(-c3ccccc3)ncn2C2CC=CC2)n1. The molecule has 1 aliphatic rings. The van der Waals surface area contributed by atoms with Gasteiger partial charge in [-0.3, -0.25) is 0 Å². The Morgan fingerprint density at radius 3 is 2.58 bits per heavy atom. The highest BCUT2D eigenvalue weighted by Gasteiger charge is 2.22. The predicted octanol–water partition coefficient (Wildman–Crippen LogP) is 4.46. The zero-order chi connectivity index (χ0) is 16.4. The minimum atomic E-state index is 0.421. The van der Waals surface area contributed by atoms with Crippen LogP contribution in [-0.4, -0.2) is 19.5 Å². The second kappa shape index (κ2) is 6.40. The van der Waals surface area contributed by atoms with E-state index in [9.17, 15) is 0 Å². The Labute approximate surface area is 141 Å². The van der Waals surface area contributed by atoms with E-state index in [-0.39, 0.29) is 0 Å². The fraction of sp³-hybridized carbons (Fsp3) is 0.250. The standard InChI is InChI=1S/C20H20N4/c1-2-18-21-13-12-17(23-18)20-19(15-8-4-3-5-9-15)22-14-24(20)16-10-6-7-11-16/h3-9,12-14,16H,2,10-11H2,1H3. The van der Waals surface area contributed by atoms with Crippen LogP contribution < -0.4 is 0 Å². The molecule has 24 heavy (non-hydrogen) atoms. The lowest BCUT2D eigenvalue weighted by Gasteiger charge is -2.16. The summed E-state index contributed by atoms with van der Waals surface area (Å²) >= 11 is 0. The van der Waals surface area contributed by atoms with Crippen molar-refractivity contribution >= 4 is 0 Å². The third kappa shape index (κ3) is 2.64. The van der Waals surface area contributed by atoms with Crippen LogP contribution in [0.3, 0.4) is 0 Å². The van der Waals surface area contributed by atoms with Crippen LogP contribution in [-0.2, 0) is 6.42 Å². The van der Waals surface area contributed by atoms with Gasteiger partial charge in [0.1, 0.15) is 5.82 Å². The maximum absolute atomic E-state index is 4.76. The molecule has 120 valence electrons. The van der Waals surface area contributed by atoms with Gasteiger partial charge < -0.3 is 4.57 Å². The lowest BCUT2D eigenvalue weighted by Crippen LogP contribution is -2.07. The van der Waals surface area contributed by atoms with Crippen molar-refractivity contribution in [1.82, 2.24) is 19.5 Å². The van der Waals surface area contributed by atoms with Crippen molar-refractivity contribution in [3.05, 3.63) is 66.9 Å². The second-order valence-corrected chi connectivity index (χ2v) is 6.02. The summed E-state index contributed by atoms with van der Waals surface area (Å²) in [5.41, 5.74) is 4.15. The van der Waals surface area contributed by atoms with Crippen LogP contribution in [0.5, 0.6) is 0 Å². The smallest absolute Gasteiger partial charge is 0.128 e. The van der Waals surface area contributed by atoms with Crippen molar-refractivity contribution in [1.29, 1.82) is 0 Å². The normalized spacial score (nSPS) is 14.4. The van der Waals surface area contributed by atoms with Gasteiger partial charge in [0.25, 0.3) is 0 Å². The number of hydrogen-bond donors (Lipinski definition) is 0. The highest BCUT2D eigenvalue weighted by atomic mass is 15.1.